The average Bonchev–Trinajstić information content (AvgIpc) is 2.70. The lowest BCUT2D eigenvalue weighted by Crippen LogP contribution is -2.40. The minimum atomic E-state index is -0.125. The molecule has 0 saturated heterocycles. The summed E-state index contributed by atoms with van der Waals surface area (Å²) in [5, 5.41) is 17.8. The van der Waals surface area contributed by atoms with Crippen LogP contribution in [0.3, 0.4) is 0 Å². The molecular formula is C24H23BrN2O. The second-order valence-electron chi connectivity index (χ2n) is 7.23. The zero-order valence-corrected chi connectivity index (χ0v) is 17.5. The van der Waals surface area contributed by atoms with Crippen LogP contribution in [-0.4, -0.2) is 5.11 Å². The molecule has 3 aromatic carbocycles. The van der Waals surface area contributed by atoms with Gasteiger partial charge in [0.25, 0.3) is 0 Å². The fourth-order valence-corrected chi connectivity index (χ4v) is 3.96. The first-order valence-corrected chi connectivity index (χ1v) is 10.2. The van der Waals surface area contributed by atoms with Crippen molar-refractivity contribution in [3.8, 4) is 5.75 Å². The molecule has 1 aliphatic heterocycles. The van der Waals surface area contributed by atoms with E-state index in [-0.39, 0.29) is 18.0 Å². The summed E-state index contributed by atoms with van der Waals surface area (Å²) >= 11 is 3.53. The lowest BCUT2D eigenvalue weighted by molar-refractivity contribution is 0.418. The minimum Gasteiger partial charge on any atom is -0.508 e. The second kappa shape index (κ2) is 7.82. The lowest BCUT2D eigenvalue weighted by Gasteiger charge is -2.34. The Morgan fingerprint density at radius 2 is 1.64 bits per heavy atom. The summed E-state index contributed by atoms with van der Waals surface area (Å²) in [6, 6.07) is 22.3. The summed E-state index contributed by atoms with van der Waals surface area (Å²) in [7, 11) is 0. The summed E-state index contributed by atoms with van der Waals surface area (Å²) in [5.74, 6) is 0.283. The molecular weight excluding hydrogens is 412 g/mol. The molecule has 3 N–H and O–H groups in total. The fourth-order valence-electron chi connectivity index (χ4n) is 3.58. The Bertz CT molecular complexity index is 1030. The van der Waals surface area contributed by atoms with Crippen LogP contribution in [0.15, 0.2) is 77.3 Å². The third-order valence-electron chi connectivity index (χ3n) is 5.17. The first-order valence-electron chi connectivity index (χ1n) is 9.36. The fraction of sp³-hybridized carbons (Fsp3) is 0.167. The highest BCUT2D eigenvalue weighted by Crippen LogP contribution is 2.35. The molecule has 142 valence electrons. The van der Waals surface area contributed by atoms with E-state index >= 15 is 0 Å². The molecule has 28 heavy (non-hydrogen) atoms. The number of nitrogens with one attached hydrogen (secondary N) is 2. The first-order chi connectivity index (χ1) is 13.5. The van der Waals surface area contributed by atoms with Crippen LogP contribution in [0.2, 0.25) is 0 Å². The van der Waals surface area contributed by atoms with Crippen molar-refractivity contribution in [2.75, 3.05) is 0 Å². The number of rotatable bonds is 3. The summed E-state index contributed by atoms with van der Waals surface area (Å²) in [5.41, 5.74) is 6.67. The molecule has 4 heteroatoms. The normalized spacial score (nSPS) is 19.0. The number of aromatic hydroxyl groups is 1. The molecule has 0 aliphatic carbocycles. The first kappa shape index (κ1) is 18.8. The van der Waals surface area contributed by atoms with Gasteiger partial charge in [0.05, 0.1) is 6.04 Å². The molecule has 0 amide bonds. The molecule has 1 heterocycles. The van der Waals surface area contributed by atoms with E-state index in [1.54, 1.807) is 6.07 Å². The summed E-state index contributed by atoms with van der Waals surface area (Å²) in [6.45, 7) is 4.21. The van der Waals surface area contributed by atoms with Gasteiger partial charge < -0.3 is 10.4 Å². The van der Waals surface area contributed by atoms with Crippen molar-refractivity contribution in [2.24, 2.45) is 0 Å². The standard InChI is InChI=1S/C24H23BrN2O/c1-15-7-9-17(10-8-15)21-14-22(20-13-18(25)11-12-23(20)28)27-24(26-21)19-6-4-3-5-16(19)2/h3-14,22,24,26-28H,1-2H3. The van der Waals surface area contributed by atoms with Crippen molar-refractivity contribution >= 4 is 21.6 Å². The molecule has 4 rings (SSSR count). The molecule has 0 spiro atoms. The van der Waals surface area contributed by atoms with Gasteiger partial charge in [-0.2, -0.15) is 0 Å². The van der Waals surface area contributed by atoms with E-state index in [4.69, 9.17) is 0 Å². The lowest BCUT2D eigenvalue weighted by atomic mass is 9.96. The van der Waals surface area contributed by atoms with Crippen molar-refractivity contribution in [3.63, 3.8) is 0 Å². The van der Waals surface area contributed by atoms with Gasteiger partial charge in [-0.05, 0) is 54.8 Å². The largest absolute Gasteiger partial charge is 0.508 e. The van der Waals surface area contributed by atoms with E-state index in [1.807, 2.05) is 12.1 Å². The van der Waals surface area contributed by atoms with Crippen LogP contribution in [0.5, 0.6) is 5.75 Å². The summed E-state index contributed by atoms with van der Waals surface area (Å²) in [6.07, 6.45) is 2.08. The maximum absolute atomic E-state index is 10.5. The molecule has 3 aromatic rings. The maximum atomic E-state index is 10.5. The van der Waals surface area contributed by atoms with E-state index in [0.717, 1.165) is 21.3 Å². The molecule has 0 bridgehead atoms. The van der Waals surface area contributed by atoms with Crippen LogP contribution < -0.4 is 10.6 Å². The van der Waals surface area contributed by atoms with E-state index in [1.165, 1.54) is 16.7 Å². The van der Waals surface area contributed by atoms with Gasteiger partial charge in [-0.25, -0.2) is 0 Å². The van der Waals surface area contributed by atoms with E-state index < -0.39 is 0 Å². The number of phenols is 1. The van der Waals surface area contributed by atoms with Crippen molar-refractivity contribution in [1.29, 1.82) is 0 Å². The van der Waals surface area contributed by atoms with Crippen LogP contribution in [-0.2, 0) is 0 Å². The van der Waals surface area contributed by atoms with Crippen molar-refractivity contribution in [1.82, 2.24) is 10.6 Å². The Morgan fingerprint density at radius 3 is 2.39 bits per heavy atom. The van der Waals surface area contributed by atoms with Crippen LogP contribution in [0.4, 0.5) is 0 Å². The highest BCUT2D eigenvalue weighted by Gasteiger charge is 2.26. The van der Waals surface area contributed by atoms with Crippen molar-refractivity contribution < 1.29 is 5.11 Å². The monoisotopic (exact) mass is 434 g/mol. The highest BCUT2D eigenvalue weighted by atomic mass is 79.9. The quantitative estimate of drug-likeness (QED) is 0.491. The van der Waals surface area contributed by atoms with Crippen molar-refractivity contribution in [2.45, 2.75) is 26.1 Å². The Kier molecular flexibility index (Phi) is 5.25. The van der Waals surface area contributed by atoms with E-state index in [2.05, 4.69) is 95.0 Å². The van der Waals surface area contributed by atoms with Gasteiger partial charge in [0.15, 0.2) is 0 Å². The van der Waals surface area contributed by atoms with Gasteiger partial charge >= 0.3 is 0 Å². The molecule has 2 unspecified atom stereocenters. The Labute approximate surface area is 174 Å². The Balaban J connectivity index is 1.79. The number of phenolic OH excluding ortho intramolecular Hbond substituents is 1. The second-order valence-corrected chi connectivity index (χ2v) is 8.14. The molecule has 0 fully saturated rings. The van der Waals surface area contributed by atoms with Gasteiger partial charge in [-0.1, -0.05) is 70.0 Å². The topological polar surface area (TPSA) is 44.3 Å². The van der Waals surface area contributed by atoms with Gasteiger partial charge in [0.1, 0.15) is 11.9 Å². The predicted molar refractivity (Wildman–Crippen MR) is 118 cm³/mol. The van der Waals surface area contributed by atoms with Gasteiger partial charge in [-0.15, -0.1) is 0 Å². The molecule has 0 saturated carbocycles. The van der Waals surface area contributed by atoms with Gasteiger partial charge in [-0.3, -0.25) is 5.32 Å². The van der Waals surface area contributed by atoms with E-state index in [9.17, 15) is 5.11 Å². The molecule has 2 atom stereocenters. The SMILES string of the molecule is Cc1ccc(C2=CC(c3cc(Br)ccc3O)NC(c3ccccc3C)N2)cc1. The minimum absolute atomic E-state index is 0.0640. The van der Waals surface area contributed by atoms with Gasteiger partial charge in [0, 0.05) is 15.7 Å². The van der Waals surface area contributed by atoms with Crippen LogP contribution in [0.25, 0.3) is 5.70 Å². The predicted octanol–water partition coefficient (Wildman–Crippen LogP) is 5.75. The van der Waals surface area contributed by atoms with Gasteiger partial charge in [0.2, 0.25) is 0 Å². The van der Waals surface area contributed by atoms with Crippen LogP contribution in [0, 0.1) is 13.8 Å². The smallest absolute Gasteiger partial charge is 0.120 e. The Morgan fingerprint density at radius 1 is 0.893 bits per heavy atom. The average molecular weight is 435 g/mol. The summed E-state index contributed by atoms with van der Waals surface area (Å²) < 4.78 is 0.943. The summed E-state index contributed by atoms with van der Waals surface area (Å²) in [4.78, 5) is 0. The molecule has 0 aromatic heterocycles. The Hall–Kier alpha value is -2.56. The van der Waals surface area contributed by atoms with Crippen LogP contribution in [0.1, 0.15) is 40.0 Å². The number of hydrogen-bond acceptors (Lipinski definition) is 3. The van der Waals surface area contributed by atoms with Crippen molar-refractivity contribution in [3.05, 3.63) is 105 Å². The number of aryl methyl sites for hydroxylation is 2. The highest BCUT2D eigenvalue weighted by molar-refractivity contribution is 9.10. The third-order valence-corrected chi connectivity index (χ3v) is 5.66. The maximum Gasteiger partial charge on any atom is 0.120 e. The molecule has 0 radical (unpaired) electrons. The molecule has 3 nitrogen and oxygen atoms in total. The molecule has 1 aliphatic rings. The third kappa shape index (κ3) is 3.84. The zero-order valence-electron chi connectivity index (χ0n) is 15.9. The number of hydrogen-bond donors (Lipinski definition) is 3. The number of halogens is 1. The van der Waals surface area contributed by atoms with Crippen LogP contribution >= 0.6 is 15.9 Å². The zero-order chi connectivity index (χ0) is 19.7. The number of benzene rings is 3. The van der Waals surface area contributed by atoms with E-state index in [0.29, 0.717) is 0 Å².